The Kier molecular flexibility index (Phi) is 4.03. The van der Waals surface area contributed by atoms with Crippen LogP contribution in [0.4, 0.5) is 5.82 Å². The monoisotopic (exact) mass is 208 g/mol. The minimum atomic E-state index is 0.638. The van der Waals surface area contributed by atoms with Gasteiger partial charge < -0.3 is 10.6 Å². The van der Waals surface area contributed by atoms with E-state index in [4.69, 9.17) is 5.73 Å². The van der Waals surface area contributed by atoms with Gasteiger partial charge in [-0.25, -0.2) is 9.97 Å². The molecule has 1 aromatic rings. The lowest BCUT2D eigenvalue weighted by Gasteiger charge is -2.11. The van der Waals surface area contributed by atoms with Gasteiger partial charge in [0.2, 0.25) is 0 Å². The summed E-state index contributed by atoms with van der Waals surface area (Å²) >= 11 is 0. The maximum absolute atomic E-state index is 5.87. The Morgan fingerprint density at radius 2 is 1.93 bits per heavy atom. The molecule has 1 aromatic heterocycles. The van der Waals surface area contributed by atoms with Crippen LogP contribution in [0.5, 0.6) is 0 Å². The van der Waals surface area contributed by atoms with Gasteiger partial charge in [-0.3, -0.25) is 0 Å². The van der Waals surface area contributed by atoms with E-state index in [-0.39, 0.29) is 0 Å². The van der Waals surface area contributed by atoms with Crippen molar-refractivity contribution in [2.24, 2.45) is 0 Å². The SMILES string of the molecule is CCc1c(C)nc(CCN(C)C)nc1N. The minimum Gasteiger partial charge on any atom is -0.383 e. The summed E-state index contributed by atoms with van der Waals surface area (Å²) < 4.78 is 0. The van der Waals surface area contributed by atoms with E-state index in [2.05, 4.69) is 21.8 Å². The van der Waals surface area contributed by atoms with Gasteiger partial charge in [0.25, 0.3) is 0 Å². The highest BCUT2D eigenvalue weighted by molar-refractivity contribution is 5.41. The lowest BCUT2D eigenvalue weighted by molar-refractivity contribution is 0.409. The zero-order valence-electron chi connectivity index (χ0n) is 10.0. The summed E-state index contributed by atoms with van der Waals surface area (Å²) in [5, 5.41) is 0. The van der Waals surface area contributed by atoms with E-state index in [1.165, 1.54) is 0 Å². The van der Waals surface area contributed by atoms with Crippen LogP contribution in [0.3, 0.4) is 0 Å². The van der Waals surface area contributed by atoms with Crippen LogP contribution in [0.25, 0.3) is 0 Å². The largest absolute Gasteiger partial charge is 0.383 e. The van der Waals surface area contributed by atoms with Crippen molar-refractivity contribution in [3.63, 3.8) is 0 Å². The molecule has 0 fully saturated rings. The molecule has 0 aliphatic carbocycles. The molecule has 0 aliphatic rings. The van der Waals surface area contributed by atoms with Crippen LogP contribution >= 0.6 is 0 Å². The third-order valence-corrected chi connectivity index (χ3v) is 2.43. The molecule has 0 spiro atoms. The number of hydrogen-bond donors (Lipinski definition) is 1. The number of nitrogens with zero attached hydrogens (tertiary/aromatic N) is 3. The average molecular weight is 208 g/mol. The van der Waals surface area contributed by atoms with Crippen molar-refractivity contribution in [3.8, 4) is 0 Å². The van der Waals surface area contributed by atoms with Gasteiger partial charge in [0.1, 0.15) is 11.6 Å². The van der Waals surface area contributed by atoms with E-state index in [9.17, 15) is 0 Å². The second-order valence-electron chi connectivity index (χ2n) is 4.00. The van der Waals surface area contributed by atoms with E-state index >= 15 is 0 Å². The van der Waals surface area contributed by atoms with E-state index < -0.39 is 0 Å². The number of nitrogen functional groups attached to an aromatic ring is 1. The molecule has 1 heterocycles. The van der Waals surface area contributed by atoms with Crippen LogP contribution in [0.15, 0.2) is 0 Å². The van der Waals surface area contributed by atoms with Crippen molar-refractivity contribution < 1.29 is 0 Å². The lowest BCUT2D eigenvalue weighted by atomic mass is 10.1. The third kappa shape index (κ3) is 3.16. The zero-order chi connectivity index (χ0) is 11.4. The molecule has 0 atom stereocenters. The second kappa shape index (κ2) is 5.07. The van der Waals surface area contributed by atoms with Gasteiger partial charge in [0.05, 0.1) is 0 Å². The van der Waals surface area contributed by atoms with Crippen LogP contribution in [-0.2, 0) is 12.8 Å². The highest BCUT2D eigenvalue weighted by atomic mass is 15.1. The predicted molar refractivity (Wildman–Crippen MR) is 62.8 cm³/mol. The molecule has 0 saturated carbocycles. The molecule has 84 valence electrons. The smallest absolute Gasteiger partial charge is 0.132 e. The summed E-state index contributed by atoms with van der Waals surface area (Å²) in [5.41, 5.74) is 7.96. The van der Waals surface area contributed by atoms with Gasteiger partial charge in [-0.15, -0.1) is 0 Å². The Hall–Kier alpha value is -1.16. The minimum absolute atomic E-state index is 0.638. The molecule has 4 nitrogen and oxygen atoms in total. The number of hydrogen-bond acceptors (Lipinski definition) is 4. The number of aryl methyl sites for hydroxylation is 1. The third-order valence-electron chi connectivity index (χ3n) is 2.43. The first-order valence-electron chi connectivity index (χ1n) is 5.31. The first kappa shape index (κ1) is 11.9. The molecule has 0 bridgehead atoms. The number of nitrogens with two attached hydrogens (primary N) is 1. The molecule has 15 heavy (non-hydrogen) atoms. The van der Waals surface area contributed by atoms with Crippen molar-refractivity contribution in [2.45, 2.75) is 26.7 Å². The normalized spacial score (nSPS) is 11.0. The number of anilines is 1. The van der Waals surface area contributed by atoms with Crippen molar-refractivity contribution in [1.82, 2.24) is 14.9 Å². The molecule has 0 aromatic carbocycles. The maximum atomic E-state index is 5.87. The molecule has 2 N–H and O–H groups in total. The first-order chi connectivity index (χ1) is 7.04. The quantitative estimate of drug-likeness (QED) is 0.803. The van der Waals surface area contributed by atoms with Gasteiger partial charge >= 0.3 is 0 Å². The Balaban J connectivity index is 2.84. The number of aromatic nitrogens is 2. The molecular weight excluding hydrogens is 188 g/mol. The summed E-state index contributed by atoms with van der Waals surface area (Å²) in [6.45, 7) is 5.02. The fraction of sp³-hybridized carbons (Fsp3) is 0.636. The molecule has 0 amide bonds. The van der Waals surface area contributed by atoms with E-state index in [1.54, 1.807) is 0 Å². The van der Waals surface area contributed by atoms with Crippen LogP contribution in [0.1, 0.15) is 24.0 Å². The summed E-state index contributed by atoms with van der Waals surface area (Å²) in [6.07, 6.45) is 1.74. The van der Waals surface area contributed by atoms with Gasteiger partial charge in [-0.2, -0.15) is 0 Å². The van der Waals surface area contributed by atoms with Gasteiger partial charge in [0.15, 0.2) is 0 Å². The highest BCUT2D eigenvalue weighted by Crippen LogP contribution is 2.13. The highest BCUT2D eigenvalue weighted by Gasteiger charge is 2.07. The summed E-state index contributed by atoms with van der Waals surface area (Å²) in [4.78, 5) is 10.9. The molecule has 0 aliphatic heterocycles. The van der Waals surface area contributed by atoms with Crippen molar-refractivity contribution in [3.05, 3.63) is 17.1 Å². The molecule has 4 heteroatoms. The number of rotatable bonds is 4. The molecular formula is C11H20N4. The summed E-state index contributed by atoms with van der Waals surface area (Å²) in [5.74, 6) is 1.48. The fourth-order valence-electron chi connectivity index (χ4n) is 1.55. The van der Waals surface area contributed by atoms with Crippen molar-refractivity contribution >= 4 is 5.82 Å². The van der Waals surface area contributed by atoms with Gasteiger partial charge in [-0.05, 0) is 27.4 Å². The summed E-state index contributed by atoms with van der Waals surface area (Å²) in [7, 11) is 4.08. The van der Waals surface area contributed by atoms with Gasteiger partial charge in [0, 0.05) is 24.2 Å². The topological polar surface area (TPSA) is 55.0 Å². The van der Waals surface area contributed by atoms with Crippen molar-refractivity contribution in [2.75, 3.05) is 26.4 Å². The van der Waals surface area contributed by atoms with E-state index in [0.717, 1.165) is 36.5 Å². The number of likely N-dealkylation sites (N-methyl/N-ethyl adjacent to an activating group) is 1. The Labute approximate surface area is 91.5 Å². The van der Waals surface area contributed by atoms with E-state index in [1.807, 2.05) is 21.0 Å². The Morgan fingerprint density at radius 1 is 1.27 bits per heavy atom. The van der Waals surface area contributed by atoms with Gasteiger partial charge in [-0.1, -0.05) is 6.92 Å². The van der Waals surface area contributed by atoms with E-state index in [0.29, 0.717) is 5.82 Å². The standard InChI is InChI=1S/C11H20N4/c1-5-9-8(2)13-10(14-11(9)12)6-7-15(3)4/h5-7H2,1-4H3,(H2,12,13,14). The molecule has 0 radical (unpaired) electrons. The molecule has 1 rings (SSSR count). The van der Waals surface area contributed by atoms with Crippen LogP contribution in [0.2, 0.25) is 0 Å². The fourth-order valence-corrected chi connectivity index (χ4v) is 1.55. The zero-order valence-corrected chi connectivity index (χ0v) is 10.0. The van der Waals surface area contributed by atoms with Crippen molar-refractivity contribution in [1.29, 1.82) is 0 Å². The Bertz CT molecular complexity index is 310. The van der Waals surface area contributed by atoms with Crippen LogP contribution in [0, 0.1) is 6.92 Å². The van der Waals surface area contributed by atoms with Crippen LogP contribution < -0.4 is 5.73 Å². The average Bonchev–Trinajstić information content (AvgIpc) is 2.14. The second-order valence-corrected chi connectivity index (χ2v) is 4.00. The first-order valence-corrected chi connectivity index (χ1v) is 5.31. The summed E-state index contributed by atoms with van der Waals surface area (Å²) in [6, 6.07) is 0. The Morgan fingerprint density at radius 3 is 2.40 bits per heavy atom. The predicted octanol–water partition coefficient (Wildman–Crippen LogP) is 1.03. The molecule has 0 saturated heterocycles. The van der Waals surface area contributed by atoms with Crippen LogP contribution in [-0.4, -0.2) is 35.5 Å². The lowest BCUT2D eigenvalue weighted by Crippen LogP contribution is -2.17. The maximum Gasteiger partial charge on any atom is 0.132 e. The molecule has 0 unspecified atom stereocenters.